The van der Waals surface area contributed by atoms with Gasteiger partial charge in [0.25, 0.3) is 5.91 Å². The number of esters is 1. The molecule has 0 radical (unpaired) electrons. The standard InChI is InChI=1S/C29H45N3O7S/c1-5-6-7-8-9-10-11-12-13-14-17-39-25(33)20-22-28(35)30-15-16-32(22)29(40)31-27(34)21-18-23(36-2)26(38-4)24(19-21)37-3/h18-19,22H,5-17,20H2,1-4H3,(H,30,35)(H,31,34,40). The third-order valence-corrected chi connectivity index (χ3v) is 7.20. The molecule has 1 fully saturated rings. The second kappa shape index (κ2) is 18.3. The number of methoxy groups -OCH3 is 3. The average molecular weight is 580 g/mol. The number of ether oxygens (including phenoxy) is 4. The van der Waals surface area contributed by atoms with Gasteiger partial charge in [-0.1, -0.05) is 64.7 Å². The summed E-state index contributed by atoms with van der Waals surface area (Å²) in [6, 6.07) is 2.14. The van der Waals surface area contributed by atoms with Crippen molar-refractivity contribution in [2.45, 2.75) is 83.6 Å². The Kier molecular flexibility index (Phi) is 15.2. The van der Waals surface area contributed by atoms with Crippen molar-refractivity contribution in [3.63, 3.8) is 0 Å². The highest BCUT2D eigenvalue weighted by molar-refractivity contribution is 7.80. The molecule has 1 saturated heterocycles. The van der Waals surface area contributed by atoms with Gasteiger partial charge in [-0.2, -0.15) is 0 Å². The van der Waals surface area contributed by atoms with Crippen LogP contribution in [0.4, 0.5) is 0 Å². The van der Waals surface area contributed by atoms with Crippen LogP contribution in [0.1, 0.15) is 87.9 Å². The lowest BCUT2D eigenvalue weighted by molar-refractivity contribution is -0.147. The van der Waals surface area contributed by atoms with E-state index < -0.39 is 17.9 Å². The lowest BCUT2D eigenvalue weighted by Crippen LogP contribution is -2.60. The van der Waals surface area contributed by atoms with Gasteiger partial charge in [-0.3, -0.25) is 19.7 Å². The van der Waals surface area contributed by atoms with Crippen molar-refractivity contribution < 1.29 is 33.3 Å². The Morgan fingerprint density at radius 2 is 1.52 bits per heavy atom. The molecule has 10 nitrogen and oxygen atoms in total. The zero-order chi connectivity index (χ0) is 29.3. The predicted octanol–water partition coefficient (Wildman–Crippen LogP) is 4.38. The molecule has 2 N–H and O–H groups in total. The predicted molar refractivity (Wildman–Crippen MR) is 157 cm³/mol. The molecule has 224 valence electrons. The van der Waals surface area contributed by atoms with Crippen molar-refractivity contribution in [1.82, 2.24) is 15.5 Å². The Hall–Kier alpha value is -3.08. The number of nitrogens with one attached hydrogen (secondary N) is 2. The maximum atomic E-state index is 13.0. The van der Waals surface area contributed by atoms with Crippen LogP contribution < -0.4 is 24.8 Å². The number of hydrogen-bond acceptors (Lipinski definition) is 8. The number of thiocarbonyl (C=S) groups is 1. The molecule has 0 spiro atoms. The lowest BCUT2D eigenvalue weighted by atomic mass is 10.1. The normalized spacial score (nSPS) is 14.8. The van der Waals surface area contributed by atoms with Gasteiger partial charge >= 0.3 is 5.97 Å². The summed E-state index contributed by atoms with van der Waals surface area (Å²) in [6.07, 6.45) is 11.8. The number of rotatable bonds is 17. The van der Waals surface area contributed by atoms with Crippen LogP contribution in [0, 0.1) is 0 Å². The van der Waals surface area contributed by atoms with Crippen LogP contribution in [-0.4, -0.2) is 74.9 Å². The molecule has 1 heterocycles. The first-order valence-corrected chi connectivity index (χ1v) is 14.6. The fourth-order valence-corrected chi connectivity index (χ4v) is 4.92. The summed E-state index contributed by atoms with van der Waals surface area (Å²) in [5.41, 5.74) is 0.228. The zero-order valence-corrected chi connectivity index (χ0v) is 25.2. The highest BCUT2D eigenvalue weighted by Crippen LogP contribution is 2.38. The summed E-state index contributed by atoms with van der Waals surface area (Å²) < 4.78 is 21.3. The smallest absolute Gasteiger partial charge is 0.308 e. The van der Waals surface area contributed by atoms with E-state index in [0.717, 1.165) is 19.3 Å². The van der Waals surface area contributed by atoms with Crippen molar-refractivity contribution in [2.75, 3.05) is 41.0 Å². The molecule has 1 aromatic carbocycles. The van der Waals surface area contributed by atoms with Gasteiger partial charge < -0.3 is 29.2 Å². The largest absolute Gasteiger partial charge is 0.493 e. The maximum Gasteiger partial charge on any atom is 0.308 e. The molecule has 1 atom stereocenters. The third-order valence-electron chi connectivity index (χ3n) is 6.86. The SMILES string of the molecule is CCCCCCCCCCCCOC(=O)CC1C(=O)NCCN1C(=S)NC(=O)c1cc(OC)c(OC)c(OC)c1. The van der Waals surface area contributed by atoms with Crippen LogP contribution >= 0.6 is 12.2 Å². The van der Waals surface area contributed by atoms with E-state index in [1.807, 2.05) is 0 Å². The minimum atomic E-state index is -0.873. The number of carbonyl (C=O) groups is 3. The van der Waals surface area contributed by atoms with Crippen LogP contribution in [0.2, 0.25) is 0 Å². The average Bonchev–Trinajstić information content (AvgIpc) is 2.95. The fraction of sp³-hybridized carbons (Fsp3) is 0.655. The van der Waals surface area contributed by atoms with E-state index in [1.54, 1.807) is 4.90 Å². The molecule has 40 heavy (non-hydrogen) atoms. The molecule has 1 aromatic rings. The fourth-order valence-electron chi connectivity index (χ4n) is 4.61. The number of piperazine rings is 1. The summed E-state index contributed by atoms with van der Waals surface area (Å²) in [5.74, 6) is -0.337. The van der Waals surface area contributed by atoms with Crippen molar-refractivity contribution in [2.24, 2.45) is 0 Å². The lowest BCUT2D eigenvalue weighted by Gasteiger charge is -2.36. The topological polar surface area (TPSA) is 115 Å². The van der Waals surface area contributed by atoms with Crippen LogP contribution in [0.15, 0.2) is 12.1 Å². The second-order valence-electron chi connectivity index (χ2n) is 9.78. The number of carbonyl (C=O) groups excluding carboxylic acids is 3. The molecule has 11 heteroatoms. The molecule has 0 saturated carbocycles. The van der Waals surface area contributed by atoms with E-state index in [2.05, 4.69) is 17.6 Å². The Morgan fingerprint density at radius 3 is 2.08 bits per heavy atom. The maximum absolute atomic E-state index is 13.0. The quantitative estimate of drug-likeness (QED) is 0.158. The van der Waals surface area contributed by atoms with Crippen LogP contribution in [0.25, 0.3) is 0 Å². The molecule has 1 unspecified atom stereocenters. The number of nitrogens with zero attached hydrogens (tertiary/aromatic N) is 1. The molecule has 0 bridgehead atoms. The number of hydrogen-bond donors (Lipinski definition) is 2. The molecular weight excluding hydrogens is 534 g/mol. The monoisotopic (exact) mass is 579 g/mol. The van der Waals surface area contributed by atoms with E-state index in [0.29, 0.717) is 36.9 Å². The Labute approximate surface area is 243 Å². The molecular formula is C29H45N3O7S. The van der Waals surface area contributed by atoms with Crippen molar-refractivity contribution in [3.8, 4) is 17.2 Å². The molecule has 1 aliphatic heterocycles. The third kappa shape index (κ3) is 10.5. The number of amides is 2. The molecule has 2 amide bonds. The van der Waals surface area contributed by atoms with Gasteiger partial charge in [0.05, 0.1) is 34.4 Å². The summed E-state index contributed by atoms with van der Waals surface area (Å²) in [5, 5.41) is 5.45. The Morgan fingerprint density at radius 1 is 0.950 bits per heavy atom. The first kappa shape index (κ1) is 33.1. The van der Waals surface area contributed by atoms with E-state index >= 15 is 0 Å². The van der Waals surface area contributed by atoms with E-state index in [1.165, 1.54) is 78.4 Å². The van der Waals surface area contributed by atoms with Crippen LogP contribution in [-0.2, 0) is 14.3 Å². The van der Waals surface area contributed by atoms with E-state index in [4.69, 9.17) is 31.2 Å². The second-order valence-corrected chi connectivity index (χ2v) is 10.2. The number of benzene rings is 1. The summed E-state index contributed by atoms with van der Waals surface area (Å²) in [6.45, 7) is 3.23. The van der Waals surface area contributed by atoms with Gasteiger partial charge in [-0.15, -0.1) is 0 Å². The van der Waals surface area contributed by atoms with Gasteiger partial charge in [0.15, 0.2) is 16.6 Å². The number of unbranched alkanes of at least 4 members (excludes halogenated alkanes) is 9. The molecule has 2 rings (SSSR count). The Bertz CT molecular complexity index is 963. The highest BCUT2D eigenvalue weighted by atomic mass is 32.1. The van der Waals surface area contributed by atoms with Gasteiger partial charge in [-0.25, -0.2) is 0 Å². The molecule has 1 aliphatic rings. The summed E-state index contributed by atoms with van der Waals surface area (Å²) >= 11 is 5.47. The minimum Gasteiger partial charge on any atom is -0.493 e. The van der Waals surface area contributed by atoms with Crippen LogP contribution in [0.3, 0.4) is 0 Å². The first-order valence-electron chi connectivity index (χ1n) is 14.2. The molecule has 0 aromatic heterocycles. The van der Waals surface area contributed by atoms with Gasteiger partial charge in [0.2, 0.25) is 11.7 Å². The Balaban J connectivity index is 1.84. The van der Waals surface area contributed by atoms with E-state index in [9.17, 15) is 14.4 Å². The van der Waals surface area contributed by atoms with Gasteiger partial charge in [-0.05, 0) is 30.8 Å². The van der Waals surface area contributed by atoms with Crippen LogP contribution in [0.5, 0.6) is 17.2 Å². The first-order chi connectivity index (χ1) is 19.4. The summed E-state index contributed by atoms with van der Waals surface area (Å²) in [7, 11) is 4.38. The summed E-state index contributed by atoms with van der Waals surface area (Å²) in [4.78, 5) is 39.7. The van der Waals surface area contributed by atoms with Crippen molar-refractivity contribution in [1.29, 1.82) is 0 Å². The van der Waals surface area contributed by atoms with Gasteiger partial charge in [0.1, 0.15) is 6.04 Å². The van der Waals surface area contributed by atoms with Crippen molar-refractivity contribution >= 4 is 35.1 Å². The zero-order valence-electron chi connectivity index (χ0n) is 24.3. The highest BCUT2D eigenvalue weighted by Gasteiger charge is 2.34. The molecule has 0 aliphatic carbocycles. The van der Waals surface area contributed by atoms with Crippen molar-refractivity contribution in [3.05, 3.63) is 17.7 Å². The minimum absolute atomic E-state index is 0.0427. The van der Waals surface area contributed by atoms with E-state index in [-0.39, 0.29) is 23.0 Å². The van der Waals surface area contributed by atoms with Gasteiger partial charge in [0, 0.05) is 18.7 Å².